The molecule has 1 amide bonds. The minimum absolute atomic E-state index is 0.177. The molecule has 0 saturated heterocycles. The van der Waals surface area contributed by atoms with E-state index in [0.29, 0.717) is 0 Å². The lowest BCUT2D eigenvalue weighted by molar-refractivity contribution is 0.0729. The van der Waals surface area contributed by atoms with E-state index >= 15 is 0 Å². The average molecular weight is 243 g/mol. The molecule has 1 aromatic heterocycles. The van der Waals surface area contributed by atoms with Crippen molar-refractivity contribution >= 4 is 17.2 Å². The Balaban J connectivity index is 1.81. The minimum Gasteiger partial charge on any atom is -0.334 e. The number of hydrogen-bond acceptors (Lipinski definition) is 2. The quantitative estimate of drug-likeness (QED) is 0.794. The average Bonchev–Trinajstić information content (AvgIpc) is 2.83. The fourth-order valence-corrected chi connectivity index (χ4v) is 3.05. The van der Waals surface area contributed by atoms with Gasteiger partial charge in [0.05, 0.1) is 5.56 Å². The van der Waals surface area contributed by atoms with Crippen molar-refractivity contribution in [3.63, 3.8) is 0 Å². The number of nitrogens with zero attached hydrogens (tertiary/aromatic N) is 1. The SMILES string of the molecule is O=C1c2ccsc2CCN1Cc1ccccc1. The molecule has 17 heavy (non-hydrogen) atoms. The van der Waals surface area contributed by atoms with E-state index < -0.39 is 0 Å². The molecule has 0 spiro atoms. The third-order valence-corrected chi connectivity index (χ3v) is 4.07. The number of carbonyl (C=O) groups is 1. The van der Waals surface area contributed by atoms with Crippen molar-refractivity contribution in [3.8, 4) is 0 Å². The highest BCUT2D eigenvalue weighted by molar-refractivity contribution is 7.10. The second-order valence-corrected chi connectivity index (χ2v) is 5.22. The molecule has 0 aliphatic carbocycles. The highest BCUT2D eigenvalue weighted by Gasteiger charge is 2.24. The van der Waals surface area contributed by atoms with Gasteiger partial charge in [-0.3, -0.25) is 4.79 Å². The van der Waals surface area contributed by atoms with Gasteiger partial charge in [-0.15, -0.1) is 11.3 Å². The highest BCUT2D eigenvalue weighted by atomic mass is 32.1. The lowest BCUT2D eigenvalue weighted by Gasteiger charge is -2.26. The van der Waals surface area contributed by atoms with Crippen LogP contribution >= 0.6 is 11.3 Å². The van der Waals surface area contributed by atoms with Crippen molar-refractivity contribution < 1.29 is 4.79 Å². The smallest absolute Gasteiger partial charge is 0.255 e. The van der Waals surface area contributed by atoms with Crippen LogP contribution in [0.2, 0.25) is 0 Å². The third kappa shape index (κ3) is 1.98. The molecule has 3 rings (SSSR count). The fraction of sp³-hybridized carbons (Fsp3) is 0.214. The van der Waals surface area contributed by atoms with E-state index in [1.165, 1.54) is 10.4 Å². The molecule has 0 unspecified atom stereocenters. The van der Waals surface area contributed by atoms with Crippen molar-refractivity contribution in [2.75, 3.05) is 6.54 Å². The number of rotatable bonds is 2. The lowest BCUT2D eigenvalue weighted by atomic mass is 10.1. The van der Waals surface area contributed by atoms with Gasteiger partial charge in [-0.1, -0.05) is 30.3 Å². The fourth-order valence-electron chi connectivity index (χ4n) is 2.19. The molecule has 0 bridgehead atoms. The predicted molar refractivity (Wildman–Crippen MR) is 69.2 cm³/mol. The van der Waals surface area contributed by atoms with Crippen molar-refractivity contribution in [1.82, 2.24) is 4.90 Å². The number of thiophene rings is 1. The number of fused-ring (bicyclic) bond motifs is 1. The van der Waals surface area contributed by atoms with E-state index in [-0.39, 0.29) is 5.91 Å². The van der Waals surface area contributed by atoms with Gasteiger partial charge in [0.1, 0.15) is 0 Å². The van der Waals surface area contributed by atoms with Gasteiger partial charge in [-0.25, -0.2) is 0 Å². The summed E-state index contributed by atoms with van der Waals surface area (Å²) < 4.78 is 0. The first-order valence-corrected chi connectivity index (χ1v) is 6.62. The summed E-state index contributed by atoms with van der Waals surface area (Å²) in [6.07, 6.45) is 0.992. The van der Waals surface area contributed by atoms with Gasteiger partial charge in [-0.2, -0.15) is 0 Å². The number of carbonyl (C=O) groups excluding carboxylic acids is 1. The van der Waals surface area contributed by atoms with Crippen molar-refractivity contribution in [2.24, 2.45) is 0 Å². The molecule has 0 saturated carbocycles. The van der Waals surface area contributed by atoms with E-state index in [4.69, 9.17) is 0 Å². The van der Waals surface area contributed by atoms with Crippen LogP contribution in [0.4, 0.5) is 0 Å². The molecular weight excluding hydrogens is 230 g/mol. The molecule has 1 aliphatic heterocycles. The van der Waals surface area contributed by atoms with Crippen molar-refractivity contribution in [2.45, 2.75) is 13.0 Å². The molecule has 2 nitrogen and oxygen atoms in total. The molecule has 1 aromatic carbocycles. The van der Waals surface area contributed by atoms with Crippen LogP contribution < -0.4 is 0 Å². The Morgan fingerprint density at radius 3 is 2.82 bits per heavy atom. The first kappa shape index (κ1) is 10.5. The Morgan fingerprint density at radius 1 is 1.18 bits per heavy atom. The molecule has 86 valence electrons. The highest BCUT2D eigenvalue weighted by Crippen LogP contribution is 2.24. The zero-order valence-electron chi connectivity index (χ0n) is 9.43. The molecule has 0 N–H and O–H groups in total. The van der Waals surface area contributed by atoms with Crippen LogP contribution in [0.25, 0.3) is 0 Å². The van der Waals surface area contributed by atoms with Crippen LogP contribution in [0.5, 0.6) is 0 Å². The topological polar surface area (TPSA) is 20.3 Å². The summed E-state index contributed by atoms with van der Waals surface area (Å²) in [5.41, 5.74) is 2.09. The Kier molecular flexibility index (Phi) is 2.69. The number of hydrogen-bond donors (Lipinski definition) is 0. The van der Waals surface area contributed by atoms with Crippen LogP contribution in [0.1, 0.15) is 20.8 Å². The second-order valence-electron chi connectivity index (χ2n) is 4.22. The van der Waals surface area contributed by atoms with Gasteiger partial charge in [-0.05, 0) is 17.0 Å². The summed E-state index contributed by atoms with van der Waals surface area (Å²) in [6, 6.07) is 12.1. The predicted octanol–water partition coefficient (Wildman–Crippen LogP) is 2.95. The van der Waals surface area contributed by atoms with Crippen LogP contribution in [0.3, 0.4) is 0 Å². The van der Waals surface area contributed by atoms with Gasteiger partial charge in [0, 0.05) is 24.4 Å². The molecule has 2 heterocycles. The van der Waals surface area contributed by atoms with E-state index in [9.17, 15) is 4.79 Å². The summed E-state index contributed by atoms with van der Waals surface area (Å²) in [5, 5.41) is 2.01. The number of amides is 1. The maximum Gasteiger partial charge on any atom is 0.255 e. The zero-order valence-corrected chi connectivity index (χ0v) is 10.2. The third-order valence-electron chi connectivity index (χ3n) is 3.09. The summed E-state index contributed by atoms with van der Waals surface area (Å²) in [7, 11) is 0. The van der Waals surface area contributed by atoms with Crippen molar-refractivity contribution in [3.05, 3.63) is 57.8 Å². The first-order valence-electron chi connectivity index (χ1n) is 5.74. The molecule has 3 heteroatoms. The van der Waals surface area contributed by atoms with E-state index in [2.05, 4.69) is 12.1 Å². The van der Waals surface area contributed by atoms with Crippen LogP contribution in [-0.4, -0.2) is 17.4 Å². The first-order chi connectivity index (χ1) is 8.34. The largest absolute Gasteiger partial charge is 0.334 e. The summed E-state index contributed by atoms with van der Waals surface area (Å²) >= 11 is 1.69. The van der Waals surface area contributed by atoms with Crippen LogP contribution in [0, 0.1) is 0 Å². The molecule has 0 fully saturated rings. The van der Waals surface area contributed by atoms with Crippen molar-refractivity contribution in [1.29, 1.82) is 0 Å². The Labute approximate surface area is 105 Å². The zero-order chi connectivity index (χ0) is 11.7. The molecule has 1 aliphatic rings. The number of benzene rings is 1. The van der Waals surface area contributed by atoms with Crippen LogP contribution in [-0.2, 0) is 13.0 Å². The Hall–Kier alpha value is -1.61. The Morgan fingerprint density at radius 2 is 2.00 bits per heavy atom. The van der Waals surface area contributed by atoms with Gasteiger partial charge in [0.15, 0.2) is 0 Å². The van der Waals surface area contributed by atoms with E-state index in [0.717, 1.165) is 25.1 Å². The lowest BCUT2D eigenvalue weighted by Crippen LogP contribution is -2.36. The molecule has 0 radical (unpaired) electrons. The standard InChI is InChI=1S/C14H13NOS/c16-14-12-7-9-17-13(12)6-8-15(14)10-11-4-2-1-3-5-11/h1-5,7,9H,6,8,10H2. The van der Waals surface area contributed by atoms with Gasteiger partial charge < -0.3 is 4.90 Å². The molecular formula is C14H13NOS. The van der Waals surface area contributed by atoms with Gasteiger partial charge in [0.2, 0.25) is 0 Å². The summed E-state index contributed by atoms with van der Waals surface area (Å²) in [6.45, 7) is 1.55. The maximum atomic E-state index is 12.2. The van der Waals surface area contributed by atoms with E-state index in [1.807, 2.05) is 34.5 Å². The molecule has 0 atom stereocenters. The van der Waals surface area contributed by atoms with Gasteiger partial charge in [0.25, 0.3) is 5.91 Å². The maximum absolute atomic E-state index is 12.2. The van der Waals surface area contributed by atoms with Gasteiger partial charge >= 0.3 is 0 Å². The monoisotopic (exact) mass is 243 g/mol. The summed E-state index contributed by atoms with van der Waals surface area (Å²) in [5.74, 6) is 0.177. The molecule has 2 aromatic rings. The minimum atomic E-state index is 0.177. The van der Waals surface area contributed by atoms with Crippen LogP contribution in [0.15, 0.2) is 41.8 Å². The Bertz CT molecular complexity index is 532. The second kappa shape index (κ2) is 4.34. The summed E-state index contributed by atoms with van der Waals surface area (Å²) in [4.78, 5) is 15.4. The van der Waals surface area contributed by atoms with E-state index in [1.54, 1.807) is 11.3 Å². The normalized spacial score (nSPS) is 14.8.